The third-order valence-electron chi connectivity index (χ3n) is 2.42. The van der Waals surface area contributed by atoms with Crippen molar-refractivity contribution in [2.24, 2.45) is 0 Å². The minimum absolute atomic E-state index is 0.360. The summed E-state index contributed by atoms with van der Waals surface area (Å²) in [6.07, 6.45) is 0.799. The van der Waals surface area contributed by atoms with Crippen molar-refractivity contribution < 1.29 is 14.3 Å². The van der Waals surface area contributed by atoms with E-state index in [0.717, 1.165) is 17.1 Å². The van der Waals surface area contributed by atoms with Crippen LogP contribution in [0.2, 0.25) is 0 Å². The first-order chi connectivity index (χ1) is 7.74. The van der Waals surface area contributed by atoms with Crippen molar-refractivity contribution in [2.75, 3.05) is 7.11 Å². The summed E-state index contributed by atoms with van der Waals surface area (Å²) < 4.78 is 4.63. The van der Waals surface area contributed by atoms with Crippen LogP contribution in [0.1, 0.15) is 20.7 Å². The maximum absolute atomic E-state index is 11.3. The highest BCUT2D eigenvalue weighted by Gasteiger charge is 2.05. The van der Waals surface area contributed by atoms with E-state index in [1.807, 2.05) is 6.07 Å². The van der Waals surface area contributed by atoms with Crippen molar-refractivity contribution in [1.82, 2.24) is 0 Å². The molecule has 0 aliphatic rings. The van der Waals surface area contributed by atoms with E-state index in [2.05, 4.69) is 4.74 Å². The standard InChI is InChI=1S/C13H10O3/c1-16-13(15)12-5-4-10-6-9(8-14)2-3-11(10)7-12/h2-8H,1H3. The molecule has 0 aliphatic heterocycles. The van der Waals surface area contributed by atoms with Gasteiger partial charge in [0.2, 0.25) is 0 Å². The molecule has 0 spiro atoms. The van der Waals surface area contributed by atoms with E-state index in [4.69, 9.17) is 0 Å². The molecule has 0 aromatic heterocycles. The third-order valence-corrected chi connectivity index (χ3v) is 2.42. The molecule has 16 heavy (non-hydrogen) atoms. The number of carbonyl (C=O) groups excluding carboxylic acids is 2. The Balaban J connectivity index is 2.55. The van der Waals surface area contributed by atoms with Gasteiger partial charge >= 0.3 is 5.97 Å². The number of aldehydes is 1. The van der Waals surface area contributed by atoms with Gasteiger partial charge < -0.3 is 4.74 Å². The lowest BCUT2D eigenvalue weighted by Crippen LogP contribution is -2.00. The van der Waals surface area contributed by atoms with Gasteiger partial charge in [-0.05, 0) is 29.0 Å². The Labute approximate surface area is 92.6 Å². The minimum atomic E-state index is -0.360. The normalized spacial score (nSPS) is 10.1. The van der Waals surface area contributed by atoms with Gasteiger partial charge in [0.1, 0.15) is 6.29 Å². The zero-order valence-electron chi connectivity index (χ0n) is 8.77. The van der Waals surface area contributed by atoms with Crippen molar-refractivity contribution in [3.8, 4) is 0 Å². The SMILES string of the molecule is COC(=O)c1ccc2cc(C=O)ccc2c1. The number of methoxy groups -OCH3 is 1. The minimum Gasteiger partial charge on any atom is -0.465 e. The fourth-order valence-electron chi connectivity index (χ4n) is 1.58. The van der Waals surface area contributed by atoms with Crippen LogP contribution in [-0.2, 0) is 4.74 Å². The van der Waals surface area contributed by atoms with Gasteiger partial charge in [0.25, 0.3) is 0 Å². The van der Waals surface area contributed by atoms with Gasteiger partial charge in [0, 0.05) is 5.56 Å². The molecule has 0 fully saturated rings. The Bertz CT molecular complexity index is 558. The van der Waals surface area contributed by atoms with Gasteiger partial charge in [0.15, 0.2) is 0 Å². The molecule has 0 bridgehead atoms. The molecule has 0 saturated heterocycles. The molecule has 80 valence electrons. The van der Waals surface area contributed by atoms with Crippen LogP contribution in [0.5, 0.6) is 0 Å². The lowest BCUT2D eigenvalue weighted by Gasteiger charge is -2.02. The molecule has 3 nitrogen and oxygen atoms in total. The molecule has 0 unspecified atom stereocenters. The van der Waals surface area contributed by atoms with E-state index in [0.29, 0.717) is 11.1 Å². The van der Waals surface area contributed by atoms with E-state index < -0.39 is 0 Å². The Hall–Kier alpha value is -2.16. The summed E-state index contributed by atoms with van der Waals surface area (Å²) in [5.74, 6) is -0.360. The molecule has 0 N–H and O–H groups in total. The number of hydrogen-bond acceptors (Lipinski definition) is 3. The first-order valence-electron chi connectivity index (χ1n) is 4.82. The third kappa shape index (κ3) is 1.80. The molecule has 2 aromatic rings. The zero-order chi connectivity index (χ0) is 11.5. The van der Waals surface area contributed by atoms with Crippen molar-refractivity contribution in [2.45, 2.75) is 0 Å². The number of fused-ring (bicyclic) bond motifs is 1. The second-order valence-electron chi connectivity index (χ2n) is 3.43. The van der Waals surface area contributed by atoms with E-state index in [-0.39, 0.29) is 5.97 Å². The Morgan fingerprint density at radius 3 is 2.50 bits per heavy atom. The average molecular weight is 214 g/mol. The molecular weight excluding hydrogens is 204 g/mol. The maximum Gasteiger partial charge on any atom is 0.337 e. The second-order valence-corrected chi connectivity index (χ2v) is 3.43. The average Bonchev–Trinajstić information content (AvgIpc) is 2.36. The lowest BCUT2D eigenvalue weighted by atomic mass is 10.0. The van der Waals surface area contributed by atoms with Crippen molar-refractivity contribution in [1.29, 1.82) is 0 Å². The lowest BCUT2D eigenvalue weighted by molar-refractivity contribution is 0.0601. The van der Waals surface area contributed by atoms with Crippen LogP contribution in [0.15, 0.2) is 36.4 Å². The van der Waals surface area contributed by atoms with Crippen LogP contribution in [0.4, 0.5) is 0 Å². The van der Waals surface area contributed by atoms with Crippen molar-refractivity contribution in [3.05, 3.63) is 47.5 Å². The van der Waals surface area contributed by atoms with E-state index in [1.54, 1.807) is 30.3 Å². The van der Waals surface area contributed by atoms with Crippen LogP contribution in [0, 0.1) is 0 Å². The predicted molar refractivity (Wildman–Crippen MR) is 60.7 cm³/mol. The van der Waals surface area contributed by atoms with E-state index in [1.165, 1.54) is 7.11 Å². The molecule has 0 aliphatic carbocycles. The molecule has 0 heterocycles. The Morgan fingerprint density at radius 1 is 1.12 bits per heavy atom. The first-order valence-corrected chi connectivity index (χ1v) is 4.82. The number of hydrogen-bond donors (Lipinski definition) is 0. The summed E-state index contributed by atoms with van der Waals surface area (Å²) in [5, 5.41) is 1.84. The molecule has 0 atom stereocenters. The smallest absolute Gasteiger partial charge is 0.337 e. The van der Waals surface area contributed by atoms with Crippen LogP contribution < -0.4 is 0 Å². The van der Waals surface area contributed by atoms with Gasteiger partial charge in [-0.3, -0.25) is 4.79 Å². The van der Waals surface area contributed by atoms with Crippen LogP contribution >= 0.6 is 0 Å². The highest BCUT2D eigenvalue weighted by Crippen LogP contribution is 2.17. The topological polar surface area (TPSA) is 43.4 Å². The summed E-state index contributed by atoms with van der Waals surface area (Å²) in [4.78, 5) is 21.9. The van der Waals surface area contributed by atoms with Crippen molar-refractivity contribution >= 4 is 23.0 Å². The van der Waals surface area contributed by atoms with Gasteiger partial charge in [-0.1, -0.05) is 18.2 Å². The monoisotopic (exact) mass is 214 g/mol. The van der Waals surface area contributed by atoms with Crippen LogP contribution in [0.3, 0.4) is 0 Å². The Kier molecular flexibility index (Phi) is 2.68. The summed E-state index contributed by atoms with van der Waals surface area (Å²) in [5.41, 5.74) is 1.13. The van der Waals surface area contributed by atoms with Gasteiger partial charge in [-0.25, -0.2) is 4.79 Å². The van der Waals surface area contributed by atoms with Crippen molar-refractivity contribution in [3.63, 3.8) is 0 Å². The number of esters is 1. The van der Waals surface area contributed by atoms with E-state index in [9.17, 15) is 9.59 Å². The predicted octanol–water partition coefficient (Wildman–Crippen LogP) is 2.44. The molecular formula is C13H10O3. The molecule has 0 radical (unpaired) electrons. The number of rotatable bonds is 2. The number of ether oxygens (including phenoxy) is 1. The van der Waals surface area contributed by atoms with Gasteiger partial charge in [-0.15, -0.1) is 0 Å². The van der Waals surface area contributed by atoms with Crippen LogP contribution in [-0.4, -0.2) is 19.4 Å². The molecule has 3 heteroatoms. The molecule has 0 saturated carbocycles. The summed E-state index contributed by atoms with van der Waals surface area (Å²) >= 11 is 0. The highest BCUT2D eigenvalue weighted by molar-refractivity contribution is 5.96. The van der Waals surface area contributed by atoms with E-state index >= 15 is 0 Å². The summed E-state index contributed by atoms with van der Waals surface area (Å²) in [6, 6.07) is 10.5. The molecule has 0 amide bonds. The van der Waals surface area contributed by atoms with Crippen LogP contribution in [0.25, 0.3) is 10.8 Å². The fourth-order valence-corrected chi connectivity index (χ4v) is 1.58. The largest absolute Gasteiger partial charge is 0.465 e. The van der Waals surface area contributed by atoms with Gasteiger partial charge in [-0.2, -0.15) is 0 Å². The summed E-state index contributed by atoms with van der Waals surface area (Å²) in [7, 11) is 1.35. The second kappa shape index (κ2) is 4.14. The van der Waals surface area contributed by atoms with Gasteiger partial charge in [0.05, 0.1) is 12.7 Å². The summed E-state index contributed by atoms with van der Waals surface area (Å²) in [6.45, 7) is 0. The maximum atomic E-state index is 11.3. The fraction of sp³-hybridized carbons (Fsp3) is 0.0769. The molecule has 2 aromatic carbocycles. The Morgan fingerprint density at radius 2 is 1.81 bits per heavy atom. The zero-order valence-corrected chi connectivity index (χ0v) is 8.77. The first kappa shape index (κ1) is 10.4. The molecule has 2 rings (SSSR count). The number of benzene rings is 2. The highest BCUT2D eigenvalue weighted by atomic mass is 16.5. The quantitative estimate of drug-likeness (QED) is 0.569. The number of carbonyl (C=O) groups is 2.